The quantitative estimate of drug-likeness (QED) is 0.813. The van der Waals surface area contributed by atoms with Crippen LogP contribution < -0.4 is 0 Å². The van der Waals surface area contributed by atoms with Gasteiger partial charge in [0.15, 0.2) is 0 Å². The fraction of sp³-hybridized carbons (Fsp3) is 0.182. The lowest BCUT2D eigenvalue weighted by molar-refractivity contribution is 0.0586. The molecule has 0 radical (unpaired) electrons. The summed E-state index contributed by atoms with van der Waals surface area (Å²) in [4.78, 5) is 15.0. The molecule has 1 aromatic heterocycles. The number of esters is 1. The van der Waals surface area contributed by atoms with Crippen LogP contribution in [0, 0.1) is 0 Å². The molecule has 0 unspecified atom stereocenters. The normalized spacial score (nSPS) is 10.4. The predicted octanol–water partition coefficient (Wildman–Crippen LogP) is 2.42. The molecule has 2 rings (SSSR count). The van der Waals surface area contributed by atoms with Crippen LogP contribution in [0.5, 0.6) is 0 Å². The molecule has 5 nitrogen and oxygen atoms in total. The van der Waals surface area contributed by atoms with E-state index >= 15 is 0 Å². The summed E-state index contributed by atoms with van der Waals surface area (Å²) in [6, 6.07) is 5.32. The van der Waals surface area contributed by atoms with E-state index in [0.717, 1.165) is 5.56 Å². The molecule has 1 heterocycles. The molecule has 0 spiro atoms. The summed E-state index contributed by atoms with van der Waals surface area (Å²) in [7, 11) is 1.27. The largest absolute Gasteiger partial charge is 0.463 e. The highest BCUT2D eigenvalue weighted by Gasteiger charge is 2.12. The number of carbonyl (C=O) groups excluding carboxylic acids is 1. The fourth-order valence-electron chi connectivity index (χ4n) is 1.40. The van der Waals surface area contributed by atoms with Crippen LogP contribution in [-0.4, -0.2) is 27.8 Å². The van der Waals surface area contributed by atoms with Crippen LogP contribution in [0.3, 0.4) is 0 Å². The van der Waals surface area contributed by atoms with E-state index in [1.807, 2.05) is 6.07 Å². The monoisotopic (exact) mass is 285 g/mol. The van der Waals surface area contributed by atoms with Gasteiger partial charge in [0.2, 0.25) is 0 Å². The second-order valence-corrected chi connectivity index (χ2v) is 4.26. The molecule has 18 heavy (non-hydrogen) atoms. The lowest BCUT2D eigenvalue weighted by Crippen LogP contribution is -2.06. The number of halogens is 2. The fourth-order valence-corrected chi connectivity index (χ4v) is 1.78. The van der Waals surface area contributed by atoms with Crippen molar-refractivity contribution in [3.8, 4) is 0 Å². The Morgan fingerprint density at radius 3 is 2.94 bits per heavy atom. The Morgan fingerprint density at radius 2 is 2.22 bits per heavy atom. The van der Waals surface area contributed by atoms with Gasteiger partial charge in [-0.1, -0.05) is 35.3 Å². The number of carbonyl (C=O) groups is 1. The van der Waals surface area contributed by atoms with Gasteiger partial charge in [-0.05, 0) is 11.6 Å². The van der Waals surface area contributed by atoms with Crippen molar-refractivity contribution in [3.05, 3.63) is 46.0 Å². The van der Waals surface area contributed by atoms with Crippen LogP contribution in [0.4, 0.5) is 0 Å². The third-order valence-corrected chi connectivity index (χ3v) is 3.13. The molecule has 0 saturated carbocycles. The lowest BCUT2D eigenvalue weighted by Gasteiger charge is -2.04. The van der Waals surface area contributed by atoms with E-state index in [1.165, 1.54) is 18.1 Å². The minimum absolute atomic E-state index is 0.00986. The summed E-state index contributed by atoms with van der Waals surface area (Å²) in [5.74, 6) is -0.568. The average molecular weight is 286 g/mol. The molecular weight excluding hydrogens is 277 g/mol. The zero-order valence-electron chi connectivity index (χ0n) is 9.43. The smallest absolute Gasteiger partial charge is 0.377 e. The van der Waals surface area contributed by atoms with Crippen molar-refractivity contribution in [2.75, 3.05) is 7.11 Å². The molecule has 0 atom stereocenters. The Morgan fingerprint density at radius 1 is 1.44 bits per heavy atom. The maximum Gasteiger partial charge on any atom is 0.377 e. The number of benzene rings is 1. The lowest BCUT2D eigenvalue weighted by atomic mass is 10.2. The minimum atomic E-state index is -0.578. The Kier molecular flexibility index (Phi) is 3.84. The molecule has 7 heteroatoms. The van der Waals surface area contributed by atoms with E-state index in [-0.39, 0.29) is 5.82 Å². The molecule has 94 valence electrons. The van der Waals surface area contributed by atoms with Crippen LogP contribution in [-0.2, 0) is 11.3 Å². The maximum atomic E-state index is 11.2. The molecule has 0 bridgehead atoms. The van der Waals surface area contributed by atoms with Gasteiger partial charge >= 0.3 is 5.97 Å². The first-order valence-electron chi connectivity index (χ1n) is 5.02. The van der Waals surface area contributed by atoms with Crippen molar-refractivity contribution in [2.45, 2.75) is 6.54 Å². The van der Waals surface area contributed by atoms with E-state index in [1.54, 1.807) is 12.1 Å². The molecule has 0 saturated heterocycles. The van der Waals surface area contributed by atoms with Crippen molar-refractivity contribution in [3.63, 3.8) is 0 Å². The van der Waals surface area contributed by atoms with Gasteiger partial charge in [0, 0.05) is 0 Å². The van der Waals surface area contributed by atoms with Gasteiger partial charge in [-0.15, -0.1) is 5.10 Å². The molecule has 0 aliphatic rings. The average Bonchev–Trinajstić information content (AvgIpc) is 2.82. The third-order valence-electron chi connectivity index (χ3n) is 2.27. The van der Waals surface area contributed by atoms with Gasteiger partial charge in [0.1, 0.15) is 6.33 Å². The van der Waals surface area contributed by atoms with Crippen LogP contribution in [0.2, 0.25) is 10.0 Å². The topological polar surface area (TPSA) is 57.0 Å². The van der Waals surface area contributed by atoms with Crippen molar-refractivity contribution >= 4 is 29.2 Å². The van der Waals surface area contributed by atoms with Crippen LogP contribution in [0.25, 0.3) is 0 Å². The molecule has 2 aromatic rings. The molecular formula is C11H9Cl2N3O2. The Bertz CT molecular complexity index is 583. The van der Waals surface area contributed by atoms with E-state index in [4.69, 9.17) is 23.2 Å². The number of aromatic nitrogens is 3. The van der Waals surface area contributed by atoms with E-state index in [0.29, 0.717) is 16.6 Å². The van der Waals surface area contributed by atoms with E-state index < -0.39 is 5.97 Å². The number of ether oxygens (including phenoxy) is 1. The summed E-state index contributed by atoms with van der Waals surface area (Å²) in [5, 5.41) is 4.92. The van der Waals surface area contributed by atoms with Gasteiger partial charge in [0.25, 0.3) is 5.82 Å². The van der Waals surface area contributed by atoms with Gasteiger partial charge in [-0.25, -0.2) is 14.5 Å². The maximum absolute atomic E-state index is 11.2. The van der Waals surface area contributed by atoms with Crippen LogP contribution in [0.1, 0.15) is 16.2 Å². The SMILES string of the molecule is COC(=O)c1ncn(Cc2cccc(Cl)c2Cl)n1. The summed E-state index contributed by atoms with van der Waals surface area (Å²) < 4.78 is 6.01. The zero-order valence-corrected chi connectivity index (χ0v) is 10.9. The second-order valence-electron chi connectivity index (χ2n) is 3.47. The molecule has 0 aliphatic carbocycles. The number of rotatable bonds is 3. The highest BCUT2D eigenvalue weighted by molar-refractivity contribution is 6.42. The van der Waals surface area contributed by atoms with Gasteiger partial charge in [0.05, 0.1) is 23.7 Å². The number of methoxy groups -OCH3 is 1. The van der Waals surface area contributed by atoms with Crippen molar-refractivity contribution < 1.29 is 9.53 Å². The van der Waals surface area contributed by atoms with E-state index in [9.17, 15) is 4.79 Å². The summed E-state index contributed by atoms with van der Waals surface area (Å²) in [6.45, 7) is 0.378. The molecule has 1 aromatic carbocycles. The first kappa shape index (κ1) is 12.9. The van der Waals surface area contributed by atoms with Crippen molar-refractivity contribution in [1.82, 2.24) is 14.8 Å². The summed E-state index contributed by atoms with van der Waals surface area (Å²) in [5.41, 5.74) is 0.797. The standard InChI is InChI=1S/C11H9Cl2N3O2/c1-18-11(17)10-14-6-16(15-10)5-7-3-2-4-8(12)9(7)13/h2-4,6H,5H2,1H3. The molecule has 0 aliphatic heterocycles. The predicted molar refractivity (Wildman–Crippen MR) is 66.9 cm³/mol. The zero-order chi connectivity index (χ0) is 13.1. The first-order chi connectivity index (χ1) is 8.61. The second kappa shape index (κ2) is 5.37. The minimum Gasteiger partial charge on any atom is -0.463 e. The van der Waals surface area contributed by atoms with Crippen LogP contribution >= 0.6 is 23.2 Å². The number of hydrogen-bond donors (Lipinski definition) is 0. The highest BCUT2D eigenvalue weighted by atomic mass is 35.5. The Hall–Kier alpha value is -1.59. The Balaban J connectivity index is 2.21. The molecule has 0 amide bonds. The highest BCUT2D eigenvalue weighted by Crippen LogP contribution is 2.25. The molecule has 0 fully saturated rings. The van der Waals surface area contributed by atoms with Crippen LogP contribution in [0.15, 0.2) is 24.5 Å². The van der Waals surface area contributed by atoms with E-state index in [2.05, 4.69) is 14.8 Å². The van der Waals surface area contributed by atoms with Gasteiger partial charge < -0.3 is 4.74 Å². The Labute approximate surface area is 113 Å². The molecule has 0 N–H and O–H groups in total. The van der Waals surface area contributed by atoms with Crippen molar-refractivity contribution in [2.24, 2.45) is 0 Å². The van der Waals surface area contributed by atoms with Gasteiger partial charge in [-0.2, -0.15) is 0 Å². The van der Waals surface area contributed by atoms with Crippen molar-refractivity contribution in [1.29, 1.82) is 0 Å². The number of nitrogens with zero attached hydrogens (tertiary/aromatic N) is 3. The first-order valence-corrected chi connectivity index (χ1v) is 5.78. The summed E-state index contributed by atoms with van der Waals surface area (Å²) >= 11 is 12.0. The van der Waals surface area contributed by atoms with Gasteiger partial charge in [-0.3, -0.25) is 0 Å². The summed E-state index contributed by atoms with van der Waals surface area (Å²) in [6.07, 6.45) is 1.43. The third kappa shape index (κ3) is 2.63. The number of hydrogen-bond acceptors (Lipinski definition) is 4.